The number of carbonyl (C=O) groups excluding carboxylic acids is 1. The van der Waals surface area contributed by atoms with Crippen LogP contribution in [0.5, 0.6) is 5.75 Å². The van der Waals surface area contributed by atoms with Crippen LogP contribution >= 0.6 is 0 Å². The van der Waals surface area contributed by atoms with Gasteiger partial charge >= 0.3 is 12.6 Å². The Hall–Kier alpha value is -2.63. The molecule has 0 radical (unpaired) electrons. The van der Waals surface area contributed by atoms with Crippen molar-refractivity contribution in [3.05, 3.63) is 59.2 Å². The first kappa shape index (κ1) is 16.2. The zero-order valence-corrected chi connectivity index (χ0v) is 13.3. The molecule has 0 saturated carbocycles. The second kappa shape index (κ2) is 6.86. The monoisotopic (exact) mass is 332 g/mol. The van der Waals surface area contributed by atoms with Crippen LogP contribution in [0.15, 0.2) is 42.5 Å². The molecule has 24 heavy (non-hydrogen) atoms. The summed E-state index contributed by atoms with van der Waals surface area (Å²) < 4.78 is 29.6. The van der Waals surface area contributed by atoms with E-state index in [1.807, 2.05) is 18.2 Å². The lowest BCUT2D eigenvalue weighted by Crippen LogP contribution is -2.39. The number of amides is 2. The molecule has 0 atom stereocenters. The summed E-state index contributed by atoms with van der Waals surface area (Å²) >= 11 is 0. The van der Waals surface area contributed by atoms with E-state index in [1.165, 1.54) is 11.6 Å². The Bertz CT molecular complexity index is 750. The van der Waals surface area contributed by atoms with Crippen molar-refractivity contribution in [2.75, 3.05) is 11.9 Å². The van der Waals surface area contributed by atoms with Gasteiger partial charge in [0, 0.05) is 13.1 Å². The number of nitrogens with one attached hydrogen (secondary N) is 1. The first-order chi connectivity index (χ1) is 11.5. The number of rotatable bonds is 3. The largest absolute Gasteiger partial charge is 0.433 e. The van der Waals surface area contributed by atoms with E-state index in [1.54, 1.807) is 24.0 Å². The molecule has 1 aliphatic heterocycles. The van der Waals surface area contributed by atoms with Crippen LogP contribution in [0, 0.1) is 6.92 Å². The number of benzene rings is 2. The Labute approximate surface area is 139 Å². The van der Waals surface area contributed by atoms with Crippen molar-refractivity contribution < 1.29 is 18.3 Å². The van der Waals surface area contributed by atoms with Gasteiger partial charge < -0.3 is 15.0 Å². The molecule has 0 fully saturated rings. The van der Waals surface area contributed by atoms with E-state index >= 15 is 0 Å². The standard InChI is InChI=1S/C18H18F2N2O2/c1-12-5-4-8-15(24-17(19)20)16(12)21-18(23)22-10-9-13-6-2-3-7-14(13)11-22/h2-8,17H,9-11H2,1H3,(H,21,23). The van der Waals surface area contributed by atoms with Gasteiger partial charge in [0.25, 0.3) is 0 Å². The van der Waals surface area contributed by atoms with Crippen molar-refractivity contribution in [3.8, 4) is 5.75 Å². The number of urea groups is 1. The minimum atomic E-state index is -2.94. The van der Waals surface area contributed by atoms with Crippen LogP contribution in [0.25, 0.3) is 0 Å². The molecule has 3 rings (SSSR count). The van der Waals surface area contributed by atoms with E-state index in [4.69, 9.17) is 0 Å². The van der Waals surface area contributed by atoms with Crippen molar-refractivity contribution in [1.29, 1.82) is 0 Å². The Morgan fingerprint density at radius 1 is 1.17 bits per heavy atom. The fourth-order valence-electron chi connectivity index (χ4n) is 2.85. The van der Waals surface area contributed by atoms with Crippen LogP contribution in [-0.2, 0) is 13.0 Å². The molecule has 1 aliphatic rings. The summed E-state index contributed by atoms with van der Waals surface area (Å²) in [5.41, 5.74) is 3.28. The van der Waals surface area contributed by atoms with E-state index in [-0.39, 0.29) is 17.5 Å². The number of nitrogens with zero attached hydrogens (tertiary/aromatic N) is 1. The number of ether oxygens (including phenoxy) is 1. The van der Waals surface area contributed by atoms with Crippen LogP contribution in [-0.4, -0.2) is 24.1 Å². The third-order valence-corrected chi connectivity index (χ3v) is 4.10. The normalized spacial score (nSPS) is 13.6. The second-order valence-corrected chi connectivity index (χ2v) is 5.70. The minimum Gasteiger partial charge on any atom is -0.433 e. The number of para-hydroxylation sites is 1. The maximum absolute atomic E-state index is 12.5. The van der Waals surface area contributed by atoms with Gasteiger partial charge in [-0.15, -0.1) is 0 Å². The molecule has 0 saturated heterocycles. The molecule has 0 bridgehead atoms. The average molecular weight is 332 g/mol. The lowest BCUT2D eigenvalue weighted by molar-refractivity contribution is -0.0493. The zero-order chi connectivity index (χ0) is 17.1. The molecular formula is C18H18F2N2O2. The second-order valence-electron chi connectivity index (χ2n) is 5.70. The van der Waals surface area contributed by atoms with Gasteiger partial charge in [-0.1, -0.05) is 36.4 Å². The number of fused-ring (bicyclic) bond motifs is 1. The lowest BCUT2D eigenvalue weighted by Gasteiger charge is -2.29. The van der Waals surface area contributed by atoms with Crippen molar-refractivity contribution in [2.45, 2.75) is 26.5 Å². The molecule has 1 heterocycles. The van der Waals surface area contributed by atoms with E-state index < -0.39 is 6.61 Å². The number of anilines is 1. The highest BCUT2D eigenvalue weighted by atomic mass is 19.3. The Kier molecular flexibility index (Phi) is 4.64. The first-order valence-electron chi connectivity index (χ1n) is 7.71. The van der Waals surface area contributed by atoms with Gasteiger partial charge in [-0.2, -0.15) is 8.78 Å². The fraction of sp³-hybridized carbons (Fsp3) is 0.278. The van der Waals surface area contributed by atoms with Crippen molar-refractivity contribution in [1.82, 2.24) is 4.90 Å². The predicted molar refractivity (Wildman–Crippen MR) is 87.4 cm³/mol. The van der Waals surface area contributed by atoms with Crippen molar-refractivity contribution in [2.24, 2.45) is 0 Å². The number of hydrogen-bond acceptors (Lipinski definition) is 2. The quantitative estimate of drug-likeness (QED) is 0.916. The van der Waals surface area contributed by atoms with Crippen molar-refractivity contribution >= 4 is 11.7 Å². The van der Waals surface area contributed by atoms with E-state index in [9.17, 15) is 13.6 Å². The number of alkyl halides is 2. The summed E-state index contributed by atoms with van der Waals surface area (Å²) in [5, 5.41) is 2.71. The maximum atomic E-state index is 12.5. The molecule has 6 heteroatoms. The highest BCUT2D eigenvalue weighted by Gasteiger charge is 2.22. The lowest BCUT2D eigenvalue weighted by atomic mass is 10.0. The van der Waals surface area contributed by atoms with E-state index in [0.717, 1.165) is 12.0 Å². The molecule has 4 nitrogen and oxygen atoms in total. The van der Waals surface area contributed by atoms with Gasteiger partial charge in [-0.05, 0) is 36.1 Å². The summed E-state index contributed by atoms with van der Waals surface area (Å²) in [6, 6.07) is 12.4. The summed E-state index contributed by atoms with van der Waals surface area (Å²) in [6.45, 7) is -0.123. The molecule has 1 N–H and O–H groups in total. The van der Waals surface area contributed by atoms with Crippen LogP contribution in [0.1, 0.15) is 16.7 Å². The third kappa shape index (κ3) is 3.48. The van der Waals surface area contributed by atoms with Crippen LogP contribution in [0.4, 0.5) is 19.3 Å². The zero-order valence-electron chi connectivity index (χ0n) is 13.3. The molecule has 0 aromatic heterocycles. The van der Waals surface area contributed by atoms with Gasteiger partial charge in [0.05, 0.1) is 5.69 Å². The summed E-state index contributed by atoms with van der Waals surface area (Å²) in [7, 11) is 0. The molecular weight excluding hydrogens is 314 g/mol. The number of halogens is 2. The molecule has 2 aromatic carbocycles. The minimum absolute atomic E-state index is 0.0317. The van der Waals surface area contributed by atoms with Gasteiger partial charge in [0.1, 0.15) is 5.75 Å². The van der Waals surface area contributed by atoms with Crippen LogP contribution in [0.3, 0.4) is 0 Å². The van der Waals surface area contributed by atoms with Gasteiger partial charge in [-0.3, -0.25) is 0 Å². The summed E-state index contributed by atoms with van der Waals surface area (Å²) in [4.78, 5) is 14.2. The predicted octanol–water partition coefficient (Wildman–Crippen LogP) is 4.19. The molecule has 0 unspecified atom stereocenters. The number of carbonyl (C=O) groups is 1. The van der Waals surface area contributed by atoms with Gasteiger partial charge in [-0.25, -0.2) is 4.79 Å². The Balaban J connectivity index is 1.76. The highest BCUT2D eigenvalue weighted by Crippen LogP contribution is 2.30. The molecule has 0 aliphatic carbocycles. The first-order valence-corrected chi connectivity index (χ1v) is 7.71. The Morgan fingerprint density at radius 3 is 2.67 bits per heavy atom. The summed E-state index contributed by atoms with van der Waals surface area (Å²) in [6.07, 6.45) is 0.776. The van der Waals surface area contributed by atoms with Crippen LogP contribution < -0.4 is 10.1 Å². The fourth-order valence-corrected chi connectivity index (χ4v) is 2.85. The SMILES string of the molecule is Cc1cccc(OC(F)F)c1NC(=O)N1CCc2ccccc2C1. The van der Waals surface area contributed by atoms with Crippen LogP contribution in [0.2, 0.25) is 0 Å². The average Bonchev–Trinajstić information content (AvgIpc) is 2.57. The molecule has 126 valence electrons. The van der Waals surface area contributed by atoms with E-state index in [0.29, 0.717) is 18.7 Å². The van der Waals surface area contributed by atoms with Crippen molar-refractivity contribution in [3.63, 3.8) is 0 Å². The topological polar surface area (TPSA) is 41.6 Å². The number of aryl methyl sites for hydroxylation is 1. The van der Waals surface area contributed by atoms with Gasteiger partial charge in [0.2, 0.25) is 0 Å². The van der Waals surface area contributed by atoms with E-state index in [2.05, 4.69) is 16.1 Å². The highest BCUT2D eigenvalue weighted by molar-refractivity contribution is 5.92. The maximum Gasteiger partial charge on any atom is 0.387 e. The van der Waals surface area contributed by atoms with Gasteiger partial charge in [0.15, 0.2) is 0 Å². The molecule has 0 spiro atoms. The molecule has 2 aromatic rings. The molecule has 2 amide bonds. The number of hydrogen-bond donors (Lipinski definition) is 1. The Morgan fingerprint density at radius 2 is 1.92 bits per heavy atom. The third-order valence-electron chi connectivity index (χ3n) is 4.10. The smallest absolute Gasteiger partial charge is 0.387 e. The summed E-state index contributed by atoms with van der Waals surface area (Å²) in [5.74, 6) is -0.0317.